The van der Waals surface area contributed by atoms with E-state index in [-0.39, 0.29) is 16.5 Å². The number of anilines is 1. The van der Waals surface area contributed by atoms with E-state index in [2.05, 4.69) is 5.32 Å². The summed E-state index contributed by atoms with van der Waals surface area (Å²) in [5.41, 5.74) is -0.158. The zero-order chi connectivity index (χ0) is 14.1. The third-order valence-corrected chi connectivity index (χ3v) is 4.67. The normalized spacial score (nSPS) is 18.2. The number of rotatable bonds is 3. The number of primary sulfonamides is 1. The molecule has 0 heterocycles. The molecule has 1 fully saturated rings. The minimum Gasteiger partial charge on any atom is -0.324 e. The number of benzene rings is 1. The van der Waals surface area contributed by atoms with Gasteiger partial charge in [-0.15, -0.1) is 0 Å². The lowest BCUT2D eigenvalue weighted by Crippen LogP contribution is -2.31. The molecular formula is C13H18N2O3S. The van der Waals surface area contributed by atoms with Crippen molar-refractivity contribution in [2.24, 2.45) is 10.6 Å². The highest BCUT2D eigenvalue weighted by Gasteiger charge is 2.36. The molecule has 1 aromatic carbocycles. The number of carbonyl (C=O) groups excluding carboxylic acids is 1. The summed E-state index contributed by atoms with van der Waals surface area (Å²) < 4.78 is 22.9. The van der Waals surface area contributed by atoms with Crippen molar-refractivity contribution in [3.63, 3.8) is 0 Å². The van der Waals surface area contributed by atoms with Crippen LogP contribution in [0, 0.1) is 5.41 Å². The number of para-hydroxylation sites is 1. The predicted molar refractivity (Wildman–Crippen MR) is 73.0 cm³/mol. The Labute approximate surface area is 113 Å². The van der Waals surface area contributed by atoms with Crippen molar-refractivity contribution in [3.05, 3.63) is 24.3 Å². The number of hydrogen-bond donors (Lipinski definition) is 2. The van der Waals surface area contributed by atoms with Crippen LogP contribution in [-0.4, -0.2) is 14.3 Å². The lowest BCUT2D eigenvalue weighted by atomic mass is 9.88. The Bertz CT molecular complexity index is 590. The summed E-state index contributed by atoms with van der Waals surface area (Å²) in [5, 5.41) is 7.84. The molecule has 0 spiro atoms. The van der Waals surface area contributed by atoms with E-state index >= 15 is 0 Å². The minimum absolute atomic E-state index is 0.0510. The summed E-state index contributed by atoms with van der Waals surface area (Å²) in [6, 6.07) is 6.19. The molecule has 5 nitrogen and oxygen atoms in total. The second-order valence-corrected chi connectivity index (χ2v) is 6.79. The van der Waals surface area contributed by atoms with Gasteiger partial charge in [-0.05, 0) is 25.0 Å². The molecule has 0 aliphatic heterocycles. The summed E-state index contributed by atoms with van der Waals surface area (Å²) >= 11 is 0. The maximum atomic E-state index is 12.3. The monoisotopic (exact) mass is 282 g/mol. The Morgan fingerprint density at radius 2 is 1.84 bits per heavy atom. The van der Waals surface area contributed by atoms with Crippen molar-refractivity contribution in [2.75, 3.05) is 5.32 Å². The maximum absolute atomic E-state index is 12.3. The average Bonchev–Trinajstić information content (AvgIpc) is 2.77. The molecule has 0 aromatic heterocycles. The molecule has 1 aliphatic rings. The fourth-order valence-electron chi connectivity index (χ4n) is 2.47. The Morgan fingerprint density at radius 3 is 2.42 bits per heavy atom. The molecule has 1 saturated carbocycles. The van der Waals surface area contributed by atoms with E-state index in [0.29, 0.717) is 0 Å². The van der Waals surface area contributed by atoms with Gasteiger partial charge in [-0.2, -0.15) is 0 Å². The molecule has 1 aliphatic carbocycles. The van der Waals surface area contributed by atoms with Crippen LogP contribution < -0.4 is 10.5 Å². The fourth-order valence-corrected chi connectivity index (χ4v) is 3.17. The van der Waals surface area contributed by atoms with Crippen molar-refractivity contribution in [1.82, 2.24) is 0 Å². The van der Waals surface area contributed by atoms with Crippen molar-refractivity contribution in [3.8, 4) is 0 Å². The number of sulfonamides is 1. The predicted octanol–water partition coefficient (Wildman–Crippen LogP) is 1.85. The number of hydrogen-bond acceptors (Lipinski definition) is 3. The van der Waals surface area contributed by atoms with Gasteiger partial charge in [0.2, 0.25) is 15.9 Å². The van der Waals surface area contributed by atoms with Gasteiger partial charge in [-0.25, -0.2) is 13.6 Å². The van der Waals surface area contributed by atoms with Gasteiger partial charge in [0, 0.05) is 5.41 Å². The van der Waals surface area contributed by atoms with Gasteiger partial charge < -0.3 is 5.32 Å². The van der Waals surface area contributed by atoms with Gasteiger partial charge in [-0.1, -0.05) is 31.9 Å². The standard InChI is InChI=1S/C13H18N2O3S/c1-13(8-4-5-9-13)12(16)15-10-6-2-3-7-11(10)19(14,17)18/h2-3,6-7H,4-5,8-9H2,1H3,(H,15,16)(H2,14,17,18). The van der Waals surface area contributed by atoms with E-state index in [1.807, 2.05) is 6.92 Å². The van der Waals surface area contributed by atoms with Crippen molar-refractivity contribution in [2.45, 2.75) is 37.5 Å². The summed E-state index contributed by atoms with van der Waals surface area (Å²) in [6.45, 7) is 1.91. The molecule has 1 aromatic rings. The van der Waals surface area contributed by atoms with Crippen LogP contribution in [0.25, 0.3) is 0 Å². The van der Waals surface area contributed by atoms with Gasteiger partial charge in [0.05, 0.1) is 5.69 Å². The van der Waals surface area contributed by atoms with Crippen LogP contribution in [0.3, 0.4) is 0 Å². The first-order valence-corrected chi connectivity index (χ1v) is 7.81. The van der Waals surface area contributed by atoms with E-state index in [1.165, 1.54) is 6.07 Å². The van der Waals surface area contributed by atoms with E-state index in [0.717, 1.165) is 25.7 Å². The average molecular weight is 282 g/mol. The Hall–Kier alpha value is -1.40. The van der Waals surface area contributed by atoms with E-state index in [1.54, 1.807) is 18.2 Å². The third-order valence-electron chi connectivity index (χ3n) is 3.70. The van der Waals surface area contributed by atoms with Crippen LogP contribution in [0.4, 0.5) is 5.69 Å². The second-order valence-electron chi connectivity index (χ2n) is 5.26. The Kier molecular flexibility index (Phi) is 3.64. The molecule has 0 unspecified atom stereocenters. The summed E-state index contributed by atoms with van der Waals surface area (Å²) in [5.74, 6) is -0.138. The smallest absolute Gasteiger partial charge is 0.240 e. The molecule has 0 saturated heterocycles. The van der Waals surface area contributed by atoms with Crippen LogP contribution >= 0.6 is 0 Å². The third kappa shape index (κ3) is 2.96. The van der Waals surface area contributed by atoms with Crippen molar-refractivity contribution in [1.29, 1.82) is 0 Å². The zero-order valence-corrected chi connectivity index (χ0v) is 11.7. The molecule has 2 rings (SSSR count). The molecule has 3 N–H and O–H groups in total. The summed E-state index contributed by atoms with van der Waals surface area (Å²) in [4.78, 5) is 12.2. The topological polar surface area (TPSA) is 89.3 Å². The summed E-state index contributed by atoms with van der Waals surface area (Å²) in [7, 11) is -3.84. The van der Waals surface area contributed by atoms with Crippen molar-refractivity contribution >= 4 is 21.6 Å². The van der Waals surface area contributed by atoms with E-state index < -0.39 is 15.4 Å². The van der Waals surface area contributed by atoms with Gasteiger partial charge >= 0.3 is 0 Å². The van der Waals surface area contributed by atoms with Crippen LogP contribution in [0.15, 0.2) is 29.2 Å². The SMILES string of the molecule is CC1(C(=O)Nc2ccccc2S(N)(=O)=O)CCCC1. The maximum Gasteiger partial charge on any atom is 0.240 e. The lowest BCUT2D eigenvalue weighted by molar-refractivity contribution is -0.124. The first-order chi connectivity index (χ1) is 8.83. The van der Waals surface area contributed by atoms with Gasteiger partial charge in [0.25, 0.3) is 0 Å². The van der Waals surface area contributed by atoms with Gasteiger partial charge in [-0.3, -0.25) is 4.79 Å². The van der Waals surface area contributed by atoms with Crippen molar-refractivity contribution < 1.29 is 13.2 Å². The number of nitrogens with one attached hydrogen (secondary N) is 1. The first kappa shape index (κ1) is 14.0. The minimum atomic E-state index is -3.84. The highest BCUT2D eigenvalue weighted by Crippen LogP contribution is 2.38. The van der Waals surface area contributed by atoms with Crippen LogP contribution in [0.1, 0.15) is 32.6 Å². The molecule has 0 radical (unpaired) electrons. The molecular weight excluding hydrogens is 264 g/mol. The molecule has 104 valence electrons. The highest BCUT2D eigenvalue weighted by molar-refractivity contribution is 7.89. The number of carbonyl (C=O) groups is 1. The van der Waals surface area contributed by atoms with Crippen LogP contribution in [0.5, 0.6) is 0 Å². The first-order valence-electron chi connectivity index (χ1n) is 6.26. The Morgan fingerprint density at radius 1 is 1.26 bits per heavy atom. The van der Waals surface area contributed by atoms with E-state index in [9.17, 15) is 13.2 Å². The van der Waals surface area contributed by atoms with Crippen LogP contribution in [-0.2, 0) is 14.8 Å². The largest absolute Gasteiger partial charge is 0.324 e. The lowest BCUT2D eigenvalue weighted by Gasteiger charge is -2.22. The summed E-state index contributed by atoms with van der Waals surface area (Å²) in [6.07, 6.45) is 3.72. The highest BCUT2D eigenvalue weighted by atomic mass is 32.2. The molecule has 0 atom stereocenters. The van der Waals surface area contributed by atoms with Gasteiger partial charge in [0.15, 0.2) is 0 Å². The molecule has 0 bridgehead atoms. The number of nitrogens with two attached hydrogens (primary N) is 1. The molecule has 19 heavy (non-hydrogen) atoms. The quantitative estimate of drug-likeness (QED) is 0.886. The second kappa shape index (κ2) is 4.94. The fraction of sp³-hybridized carbons (Fsp3) is 0.462. The van der Waals surface area contributed by atoms with Gasteiger partial charge in [0.1, 0.15) is 4.90 Å². The number of amides is 1. The Balaban J connectivity index is 2.27. The van der Waals surface area contributed by atoms with E-state index in [4.69, 9.17) is 5.14 Å². The molecule has 1 amide bonds. The zero-order valence-electron chi connectivity index (χ0n) is 10.8. The van der Waals surface area contributed by atoms with Crippen LogP contribution in [0.2, 0.25) is 0 Å². The molecule has 6 heteroatoms.